The maximum Gasteiger partial charge on any atom is 0.118 e. The predicted molar refractivity (Wildman–Crippen MR) is 75.0 cm³/mol. The van der Waals surface area contributed by atoms with Gasteiger partial charge < -0.3 is 14.8 Å². The van der Waals surface area contributed by atoms with E-state index in [4.69, 9.17) is 9.47 Å². The lowest BCUT2D eigenvalue weighted by Gasteiger charge is -2.18. The number of methoxy groups -OCH3 is 1. The van der Waals surface area contributed by atoms with Gasteiger partial charge in [0.25, 0.3) is 0 Å². The molecule has 1 rings (SSSR count). The fourth-order valence-corrected chi connectivity index (χ4v) is 1.64. The van der Waals surface area contributed by atoms with Gasteiger partial charge in [0.2, 0.25) is 0 Å². The van der Waals surface area contributed by atoms with E-state index in [0.29, 0.717) is 12.6 Å². The summed E-state index contributed by atoms with van der Waals surface area (Å²) in [5.41, 5.74) is 1.24. The van der Waals surface area contributed by atoms with Crippen LogP contribution in [-0.4, -0.2) is 26.4 Å². The van der Waals surface area contributed by atoms with E-state index in [1.54, 1.807) is 13.2 Å². The van der Waals surface area contributed by atoms with E-state index < -0.39 is 0 Å². The van der Waals surface area contributed by atoms with E-state index >= 15 is 0 Å². The Hall–Kier alpha value is -1.32. The minimum Gasteiger partial charge on any atom is -0.497 e. The maximum atomic E-state index is 5.51. The molecule has 0 aliphatic carbocycles. The predicted octanol–water partition coefficient (Wildman–Crippen LogP) is 2.94. The van der Waals surface area contributed by atoms with Crippen LogP contribution in [0.25, 0.3) is 0 Å². The fourth-order valence-electron chi connectivity index (χ4n) is 1.64. The number of benzene rings is 1. The first-order valence-corrected chi connectivity index (χ1v) is 6.27. The van der Waals surface area contributed by atoms with Crippen LogP contribution >= 0.6 is 0 Å². The van der Waals surface area contributed by atoms with Crippen molar-refractivity contribution in [2.45, 2.75) is 26.0 Å². The Morgan fingerprint density at radius 2 is 1.94 bits per heavy atom. The van der Waals surface area contributed by atoms with E-state index in [1.165, 1.54) is 5.56 Å². The Bertz CT molecular complexity index is 348. The number of ether oxygens (including phenoxy) is 2. The number of hydrogen-bond acceptors (Lipinski definition) is 3. The van der Waals surface area contributed by atoms with Gasteiger partial charge in [-0.15, -0.1) is 6.58 Å². The molecule has 0 saturated carbocycles. The molecule has 100 valence electrons. The molecule has 2 unspecified atom stereocenters. The van der Waals surface area contributed by atoms with E-state index in [9.17, 15) is 0 Å². The van der Waals surface area contributed by atoms with Gasteiger partial charge >= 0.3 is 0 Å². The lowest BCUT2D eigenvalue weighted by molar-refractivity contribution is 0.0860. The highest BCUT2D eigenvalue weighted by molar-refractivity contribution is 5.28. The van der Waals surface area contributed by atoms with Gasteiger partial charge in [0.05, 0.1) is 19.8 Å². The Kier molecular flexibility index (Phi) is 6.47. The SMILES string of the molecule is C=CCOC(C)CNC(C)c1ccc(OC)cc1. The van der Waals surface area contributed by atoms with Crippen LogP contribution in [0.2, 0.25) is 0 Å². The zero-order valence-corrected chi connectivity index (χ0v) is 11.5. The maximum absolute atomic E-state index is 5.51. The summed E-state index contributed by atoms with van der Waals surface area (Å²) in [6.45, 7) is 9.25. The first-order valence-electron chi connectivity index (χ1n) is 6.27. The molecule has 0 heterocycles. The topological polar surface area (TPSA) is 30.5 Å². The van der Waals surface area contributed by atoms with Crippen molar-refractivity contribution >= 4 is 0 Å². The molecule has 0 saturated heterocycles. The van der Waals surface area contributed by atoms with Gasteiger partial charge in [-0.3, -0.25) is 0 Å². The molecule has 1 aromatic rings. The molecule has 1 N–H and O–H groups in total. The van der Waals surface area contributed by atoms with Gasteiger partial charge in [-0.1, -0.05) is 18.2 Å². The van der Waals surface area contributed by atoms with Crippen LogP contribution in [0, 0.1) is 0 Å². The van der Waals surface area contributed by atoms with Gasteiger partial charge in [0.1, 0.15) is 5.75 Å². The van der Waals surface area contributed by atoms with Crippen LogP contribution in [0.1, 0.15) is 25.5 Å². The van der Waals surface area contributed by atoms with Crippen molar-refractivity contribution in [3.05, 3.63) is 42.5 Å². The van der Waals surface area contributed by atoms with Crippen LogP contribution in [-0.2, 0) is 4.74 Å². The molecule has 0 aliphatic rings. The van der Waals surface area contributed by atoms with Gasteiger partial charge in [0.15, 0.2) is 0 Å². The second-order valence-electron chi connectivity index (χ2n) is 4.34. The smallest absolute Gasteiger partial charge is 0.118 e. The zero-order chi connectivity index (χ0) is 13.4. The molecule has 18 heavy (non-hydrogen) atoms. The van der Waals surface area contributed by atoms with E-state index in [-0.39, 0.29) is 6.10 Å². The first-order chi connectivity index (χ1) is 8.67. The lowest BCUT2D eigenvalue weighted by Crippen LogP contribution is -2.29. The monoisotopic (exact) mass is 249 g/mol. The van der Waals surface area contributed by atoms with Gasteiger partial charge in [0, 0.05) is 12.6 Å². The summed E-state index contributed by atoms with van der Waals surface area (Å²) in [6, 6.07) is 8.40. The van der Waals surface area contributed by atoms with Crippen molar-refractivity contribution in [3.8, 4) is 5.75 Å². The van der Waals surface area contributed by atoms with E-state index in [0.717, 1.165) is 12.3 Å². The number of rotatable bonds is 8. The van der Waals surface area contributed by atoms with E-state index in [1.807, 2.05) is 12.1 Å². The third-order valence-corrected chi connectivity index (χ3v) is 2.83. The Balaban J connectivity index is 2.39. The molecule has 1 aromatic carbocycles. The fraction of sp³-hybridized carbons (Fsp3) is 0.467. The normalized spacial score (nSPS) is 13.9. The Labute approximate surface area is 110 Å². The highest BCUT2D eigenvalue weighted by atomic mass is 16.5. The van der Waals surface area contributed by atoms with Crippen molar-refractivity contribution in [3.63, 3.8) is 0 Å². The number of hydrogen-bond donors (Lipinski definition) is 1. The molecule has 3 nitrogen and oxygen atoms in total. The molecule has 0 bridgehead atoms. The minimum absolute atomic E-state index is 0.184. The first kappa shape index (κ1) is 14.7. The highest BCUT2D eigenvalue weighted by Crippen LogP contribution is 2.17. The summed E-state index contributed by atoms with van der Waals surface area (Å²) in [7, 11) is 1.68. The number of nitrogens with one attached hydrogen (secondary N) is 1. The average molecular weight is 249 g/mol. The molecule has 3 heteroatoms. The van der Waals surface area contributed by atoms with Crippen molar-refractivity contribution in [2.24, 2.45) is 0 Å². The molecule has 0 aliphatic heterocycles. The molecule has 0 fully saturated rings. The molecule has 2 atom stereocenters. The second kappa shape index (κ2) is 7.90. The van der Waals surface area contributed by atoms with E-state index in [2.05, 4.69) is 37.9 Å². The van der Waals surface area contributed by atoms with Crippen LogP contribution in [0.4, 0.5) is 0 Å². The second-order valence-corrected chi connectivity index (χ2v) is 4.34. The van der Waals surface area contributed by atoms with Gasteiger partial charge in [-0.2, -0.15) is 0 Å². The highest BCUT2D eigenvalue weighted by Gasteiger charge is 2.07. The summed E-state index contributed by atoms with van der Waals surface area (Å²) < 4.78 is 10.7. The Morgan fingerprint density at radius 3 is 2.50 bits per heavy atom. The zero-order valence-electron chi connectivity index (χ0n) is 11.5. The molecular weight excluding hydrogens is 226 g/mol. The summed E-state index contributed by atoms with van der Waals surface area (Å²) in [5.74, 6) is 0.883. The lowest BCUT2D eigenvalue weighted by atomic mass is 10.1. The quantitative estimate of drug-likeness (QED) is 0.719. The van der Waals surface area contributed by atoms with Crippen molar-refractivity contribution in [1.29, 1.82) is 0 Å². The summed E-state index contributed by atoms with van der Waals surface area (Å²) >= 11 is 0. The third-order valence-electron chi connectivity index (χ3n) is 2.83. The largest absolute Gasteiger partial charge is 0.497 e. The average Bonchev–Trinajstić information content (AvgIpc) is 2.42. The molecular formula is C15H23NO2. The Morgan fingerprint density at radius 1 is 1.28 bits per heavy atom. The summed E-state index contributed by atoms with van der Waals surface area (Å²) in [4.78, 5) is 0. The summed E-state index contributed by atoms with van der Waals surface area (Å²) in [6.07, 6.45) is 1.95. The van der Waals surface area contributed by atoms with Gasteiger partial charge in [-0.25, -0.2) is 0 Å². The molecule has 0 spiro atoms. The van der Waals surface area contributed by atoms with Crippen LogP contribution in [0.5, 0.6) is 5.75 Å². The van der Waals surface area contributed by atoms with Crippen LogP contribution in [0.3, 0.4) is 0 Å². The molecule has 0 radical (unpaired) electrons. The third kappa shape index (κ3) is 4.90. The summed E-state index contributed by atoms with van der Waals surface area (Å²) in [5, 5.41) is 3.44. The molecule has 0 aromatic heterocycles. The van der Waals surface area contributed by atoms with Crippen LogP contribution < -0.4 is 10.1 Å². The van der Waals surface area contributed by atoms with Gasteiger partial charge in [-0.05, 0) is 31.5 Å². The van der Waals surface area contributed by atoms with Crippen LogP contribution in [0.15, 0.2) is 36.9 Å². The van der Waals surface area contributed by atoms with Crippen molar-refractivity contribution < 1.29 is 9.47 Å². The minimum atomic E-state index is 0.184. The molecule has 0 amide bonds. The van der Waals surface area contributed by atoms with Crippen molar-refractivity contribution in [1.82, 2.24) is 5.32 Å². The van der Waals surface area contributed by atoms with Crippen molar-refractivity contribution in [2.75, 3.05) is 20.3 Å². The standard InChI is InChI=1S/C15H23NO2/c1-5-10-18-12(2)11-16-13(3)14-6-8-15(17-4)9-7-14/h5-9,12-13,16H,1,10-11H2,2-4H3.